The van der Waals surface area contributed by atoms with Gasteiger partial charge in [-0.05, 0) is 49.1 Å². The van der Waals surface area contributed by atoms with Crippen LogP contribution in [0.2, 0.25) is 0 Å². The highest BCUT2D eigenvalue weighted by Gasteiger charge is 2.21. The van der Waals surface area contributed by atoms with Crippen LogP contribution in [0.25, 0.3) is 10.9 Å². The molecule has 0 bridgehead atoms. The standard InChI is InChI=1S/C16H22N4O2.C14H18N2O3.C2H6/c1-11(2)12-6-7-13-14(10-12)19(4)18-15(13)20(8-5-9-21)16(22)17-3;1-10-3-5-11(6-4-10)14(19)16-12(9-17)7-8-13(18)15-2;1-2/h6-7,9-11H,5,8H2,1-4H3,(H,17,22);3-6,9,12H,7-8H2,1-2H3,(H,15,18)(H,16,19);1-2H3. The molecule has 1 atom stereocenters. The zero-order chi connectivity index (χ0) is 32.5. The van der Waals surface area contributed by atoms with Crippen molar-refractivity contribution < 1.29 is 24.0 Å². The molecule has 1 aromatic heterocycles. The fraction of sp³-hybridized carbons (Fsp3) is 0.438. The maximum atomic E-state index is 12.1. The van der Waals surface area contributed by atoms with Crippen LogP contribution in [0.15, 0.2) is 42.5 Å². The summed E-state index contributed by atoms with van der Waals surface area (Å²) in [5.74, 6) is 0.535. The molecule has 0 saturated heterocycles. The summed E-state index contributed by atoms with van der Waals surface area (Å²) in [6.07, 6.45) is 2.22. The fourth-order valence-corrected chi connectivity index (χ4v) is 3.98. The highest BCUT2D eigenvalue weighted by atomic mass is 16.2. The van der Waals surface area contributed by atoms with Crippen LogP contribution in [0.5, 0.6) is 0 Å². The molecule has 3 rings (SSSR count). The molecular formula is C32H46N6O5. The Kier molecular flexibility index (Phi) is 16.0. The Labute approximate surface area is 254 Å². The predicted molar refractivity (Wildman–Crippen MR) is 170 cm³/mol. The summed E-state index contributed by atoms with van der Waals surface area (Å²) in [6.45, 7) is 10.5. The lowest BCUT2D eigenvalue weighted by molar-refractivity contribution is -0.121. The van der Waals surface area contributed by atoms with Gasteiger partial charge in [-0.25, -0.2) is 4.79 Å². The maximum Gasteiger partial charge on any atom is 0.322 e. The van der Waals surface area contributed by atoms with Crippen molar-refractivity contribution in [2.75, 3.05) is 25.5 Å². The third-order valence-corrected chi connectivity index (χ3v) is 6.46. The van der Waals surface area contributed by atoms with Crippen LogP contribution in [0.4, 0.5) is 10.6 Å². The van der Waals surface area contributed by atoms with Gasteiger partial charge in [0.15, 0.2) is 5.82 Å². The molecule has 43 heavy (non-hydrogen) atoms. The molecule has 0 saturated carbocycles. The van der Waals surface area contributed by atoms with Crippen molar-refractivity contribution in [3.63, 3.8) is 0 Å². The van der Waals surface area contributed by atoms with Crippen molar-refractivity contribution in [3.05, 3.63) is 59.2 Å². The van der Waals surface area contributed by atoms with E-state index in [1.165, 1.54) is 17.5 Å². The van der Waals surface area contributed by atoms with Crippen molar-refractivity contribution in [2.24, 2.45) is 7.05 Å². The van der Waals surface area contributed by atoms with E-state index in [2.05, 4.69) is 47.0 Å². The first-order valence-electron chi connectivity index (χ1n) is 14.5. The number of rotatable bonds is 11. The van der Waals surface area contributed by atoms with E-state index in [4.69, 9.17) is 0 Å². The normalized spacial score (nSPS) is 10.8. The quantitative estimate of drug-likeness (QED) is 0.283. The van der Waals surface area contributed by atoms with Crippen LogP contribution in [0, 0.1) is 6.92 Å². The summed E-state index contributed by atoms with van der Waals surface area (Å²) in [5, 5.41) is 13.0. The van der Waals surface area contributed by atoms with Gasteiger partial charge in [0.05, 0.1) is 11.6 Å². The topological polar surface area (TPSA) is 142 Å². The molecule has 4 amide bonds. The summed E-state index contributed by atoms with van der Waals surface area (Å²) >= 11 is 0. The Morgan fingerprint density at radius 2 is 1.65 bits per heavy atom. The van der Waals surface area contributed by atoms with Crippen LogP contribution in [-0.4, -0.2) is 66.9 Å². The summed E-state index contributed by atoms with van der Waals surface area (Å²) in [6, 6.07) is 12.3. The average Bonchev–Trinajstić information content (AvgIpc) is 3.35. The molecular weight excluding hydrogens is 548 g/mol. The minimum absolute atomic E-state index is 0.156. The number of benzene rings is 2. The first kappa shape index (κ1) is 36.5. The van der Waals surface area contributed by atoms with Crippen LogP contribution < -0.4 is 20.9 Å². The molecule has 234 valence electrons. The summed E-state index contributed by atoms with van der Waals surface area (Å²) in [5.41, 5.74) is 3.75. The van der Waals surface area contributed by atoms with E-state index in [1.54, 1.807) is 23.9 Å². The van der Waals surface area contributed by atoms with E-state index < -0.39 is 6.04 Å². The Morgan fingerprint density at radius 3 is 2.19 bits per heavy atom. The van der Waals surface area contributed by atoms with Crippen molar-refractivity contribution in [3.8, 4) is 0 Å². The lowest BCUT2D eigenvalue weighted by Crippen LogP contribution is -2.39. The molecule has 1 unspecified atom stereocenters. The highest BCUT2D eigenvalue weighted by molar-refractivity contribution is 6.01. The number of aromatic nitrogens is 2. The van der Waals surface area contributed by atoms with Crippen molar-refractivity contribution >= 4 is 47.1 Å². The van der Waals surface area contributed by atoms with Crippen molar-refractivity contribution in [1.82, 2.24) is 25.7 Å². The zero-order valence-electron chi connectivity index (χ0n) is 26.6. The van der Waals surface area contributed by atoms with E-state index in [1.807, 2.05) is 46.0 Å². The molecule has 0 fully saturated rings. The number of aldehydes is 2. The third kappa shape index (κ3) is 11.0. The van der Waals surface area contributed by atoms with E-state index >= 15 is 0 Å². The predicted octanol–water partition coefficient (Wildman–Crippen LogP) is 4.28. The molecule has 0 aliphatic rings. The van der Waals surface area contributed by atoms with Gasteiger partial charge in [0.2, 0.25) is 5.91 Å². The Bertz CT molecular complexity index is 1350. The van der Waals surface area contributed by atoms with E-state index in [0.717, 1.165) is 22.8 Å². The van der Waals surface area contributed by atoms with E-state index in [-0.39, 0.29) is 30.7 Å². The molecule has 2 aromatic carbocycles. The van der Waals surface area contributed by atoms with Gasteiger partial charge in [0.25, 0.3) is 5.91 Å². The number of anilines is 1. The smallest absolute Gasteiger partial charge is 0.322 e. The van der Waals surface area contributed by atoms with Gasteiger partial charge < -0.3 is 25.5 Å². The van der Waals surface area contributed by atoms with Gasteiger partial charge in [0.1, 0.15) is 12.6 Å². The zero-order valence-corrected chi connectivity index (χ0v) is 26.6. The molecule has 0 aliphatic heterocycles. The molecule has 11 nitrogen and oxygen atoms in total. The van der Waals surface area contributed by atoms with E-state index in [0.29, 0.717) is 36.6 Å². The first-order chi connectivity index (χ1) is 20.6. The Balaban J connectivity index is 0.000000411. The Hall–Kier alpha value is -4.54. The van der Waals surface area contributed by atoms with Crippen LogP contribution >= 0.6 is 0 Å². The van der Waals surface area contributed by atoms with Crippen molar-refractivity contribution in [2.45, 2.75) is 65.8 Å². The van der Waals surface area contributed by atoms with Crippen molar-refractivity contribution in [1.29, 1.82) is 0 Å². The second-order valence-electron chi connectivity index (χ2n) is 9.83. The van der Waals surface area contributed by atoms with Gasteiger partial charge in [0, 0.05) is 51.5 Å². The number of carbonyl (C=O) groups is 5. The Morgan fingerprint density at radius 1 is 1.00 bits per heavy atom. The third-order valence-electron chi connectivity index (χ3n) is 6.46. The molecule has 1 heterocycles. The van der Waals surface area contributed by atoms with Crippen LogP contribution in [0.1, 0.15) is 74.4 Å². The number of hydrogen-bond acceptors (Lipinski definition) is 6. The lowest BCUT2D eigenvalue weighted by atomic mass is 10.0. The number of amides is 4. The SMILES string of the molecule is CC.CNC(=O)CCC(C=O)NC(=O)c1ccc(C)cc1.CNC(=O)N(CCC=O)c1nn(C)c2cc(C(C)C)ccc12. The molecule has 3 aromatic rings. The molecule has 11 heteroatoms. The summed E-state index contributed by atoms with van der Waals surface area (Å²) in [4.78, 5) is 58.1. The van der Waals surface area contributed by atoms with Gasteiger partial charge in [-0.1, -0.05) is 51.5 Å². The maximum absolute atomic E-state index is 12.1. The molecule has 0 radical (unpaired) electrons. The molecule has 0 spiro atoms. The number of aryl methyl sites for hydroxylation is 2. The van der Waals surface area contributed by atoms with Crippen LogP contribution in [0.3, 0.4) is 0 Å². The lowest BCUT2D eigenvalue weighted by Gasteiger charge is -2.19. The first-order valence-corrected chi connectivity index (χ1v) is 14.5. The summed E-state index contributed by atoms with van der Waals surface area (Å²) in [7, 11) is 4.96. The number of nitrogens with one attached hydrogen (secondary N) is 3. The van der Waals surface area contributed by atoms with Crippen LogP contribution in [-0.2, 0) is 21.4 Å². The number of urea groups is 1. The largest absolute Gasteiger partial charge is 0.359 e. The number of fused-ring (bicyclic) bond motifs is 1. The molecule has 3 N–H and O–H groups in total. The second-order valence-corrected chi connectivity index (χ2v) is 9.83. The van der Waals surface area contributed by atoms with Gasteiger partial charge in [-0.2, -0.15) is 5.10 Å². The highest BCUT2D eigenvalue weighted by Crippen LogP contribution is 2.29. The second kappa shape index (κ2) is 18.8. The van der Waals surface area contributed by atoms with Gasteiger partial charge in [-0.3, -0.25) is 19.2 Å². The summed E-state index contributed by atoms with van der Waals surface area (Å²) < 4.78 is 1.77. The molecule has 0 aliphatic carbocycles. The van der Waals surface area contributed by atoms with Gasteiger partial charge >= 0.3 is 6.03 Å². The van der Waals surface area contributed by atoms with Gasteiger partial charge in [-0.15, -0.1) is 0 Å². The van der Waals surface area contributed by atoms with E-state index in [9.17, 15) is 24.0 Å². The number of nitrogens with zero attached hydrogens (tertiary/aromatic N) is 3. The minimum atomic E-state index is -0.647. The minimum Gasteiger partial charge on any atom is -0.359 e. The fourth-order valence-electron chi connectivity index (χ4n) is 3.98. The number of carbonyl (C=O) groups excluding carboxylic acids is 5. The monoisotopic (exact) mass is 594 g/mol. The number of hydrogen-bond donors (Lipinski definition) is 3. The average molecular weight is 595 g/mol.